The van der Waals surface area contributed by atoms with E-state index < -0.39 is 0 Å². The Hall–Kier alpha value is -1.67. The molecule has 7 nitrogen and oxygen atoms in total. The quantitative estimate of drug-likeness (QED) is 0.722. The standard InChI is InChI=1S/C19H29BrN6O/c1-6-25-12-17(13(2)21-25)11-23-7-9-24(10-8-23)19(27)16(5)26-15(4)18(20)14(3)22-26/h12,16H,6-11H2,1-5H3. The van der Waals surface area contributed by atoms with Gasteiger partial charge in [-0.1, -0.05) is 0 Å². The number of carbonyl (C=O) groups is 1. The minimum Gasteiger partial charge on any atom is -0.338 e. The lowest BCUT2D eigenvalue weighted by Crippen LogP contribution is -2.50. The van der Waals surface area contributed by atoms with Gasteiger partial charge in [0.15, 0.2) is 0 Å². The largest absolute Gasteiger partial charge is 0.338 e. The Balaban J connectivity index is 1.58. The van der Waals surface area contributed by atoms with E-state index in [0.717, 1.165) is 60.8 Å². The van der Waals surface area contributed by atoms with E-state index in [1.54, 1.807) is 0 Å². The van der Waals surface area contributed by atoms with Gasteiger partial charge in [0.05, 0.1) is 21.6 Å². The van der Waals surface area contributed by atoms with Crippen LogP contribution in [0.15, 0.2) is 10.7 Å². The first kappa shape index (κ1) is 20.1. The molecule has 0 aliphatic carbocycles. The molecule has 1 amide bonds. The lowest BCUT2D eigenvalue weighted by molar-refractivity contribution is -0.136. The molecule has 0 bridgehead atoms. The minimum absolute atomic E-state index is 0.141. The van der Waals surface area contributed by atoms with Gasteiger partial charge < -0.3 is 4.90 Å². The van der Waals surface area contributed by atoms with Crippen LogP contribution in [-0.2, 0) is 17.9 Å². The summed E-state index contributed by atoms with van der Waals surface area (Å²) in [6.07, 6.45) is 2.13. The van der Waals surface area contributed by atoms with Crippen LogP contribution in [0.4, 0.5) is 0 Å². The van der Waals surface area contributed by atoms with E-state index >= 15 is 0 Å². The maximum Gasteiger partial charge on any atom is 0.247 e. The second kappa shape index (κ2) is 8.14. The van der Waals surface area contributed by atoms with Crippen molar-refractivity contribution in [3.63, 3.8) is 0 Å². The third-order valence-electron chi connectivity index (χ3n) is 5.41. The van der Waals surface area contributed by atoms with E-state index in [1.165, 1.54) is 5.56 Å². The summed E-state index contributed by atoms with van der Waals surface area (Å²) in [6, 6.07) is -0.286. The Morgan fingerprint density at radius 2 is 1.81 bits per heavy atom. The van der Waals surface area contributed by atoms with Crippen molar-refractivity contribution in [2.24, 2.45) is 0 Å². The summed E-state index contributed by atoms with van der Waals surface area (Å²) >= 11 is 3.54. The predicted octanol–water partition coefficient (Wildman–Crippen LogP) is 2.69. The maximum atomic E-state index is 13.0. The molecule has 0 N–H and O–H groups in total. The predicted molar refractivity (Wildman–Crippen MR) is 109 cm³/mol. The third kappa shape index (κ3) is 4.11. The summed E-state index contributed by atoms with van der Waals surface area (Å²) in [6.45, 7) is 15.1. The Labute approximate surface area is 169 Å². The van der Waals surface area contributed by atoms with E-state index in [1.807, 2.05) is 35.0 Å². The second-order valence-electron chi connectivity index (χ2n) is 7.30. The molecule has 2 aromatic rings. The van der Waals surface area contributed by atoms with Crippen LogP contribution in [0.2, 0.25) is 0 Å². The first-order chi connectivity index (χ1) is 12.8. The topological polar surface area (TPSA) is 59.2 Å². The lowest BCUT2D eigenvalue weighted by Gasteiger charge is -2.36. The molecule has 2 aromatic heterocycles. The molecule has 3 rings (SSSR count). The molecule has 1 fully saturated rings. The normalized spacial score (nSPS) is 16.7. The van der Waals surface area contributed by atoms with E-state index in [2.05, 4.69) is 51.1 Å². The Kier molecular flexibility index (Phi) is 6.05. The first-order valence-electron chi connectivity index (χ1n) is 9.57. The van der Waals surface area contributed by atoms with Crippen LogP contribution in [0.1, 0.15) is 42.5 Å². The fourth-order valence-corrected chi connectivity index (χ4v) is 3.89. The number of aromatic nitrogens is 4. The number of carbonyl (C=O) groups excluding carboxylic acids is 1. The van der Waals surface area contributed by atoms with E-state index in [4.69, 9.17) is 0 Å². The van der Waals surface area contributed by atoms with Gasteiger partial charge in [-0.25, -0.2) is 0 Å². The summed E-state index contributed by atoms with van der Waals surface area (Å²) in [5, 5.41) is 9.04. The van der Waals surface area contributed by atoms with Crippen LogP contribution in [-0.4, -0.2) is 61.4 Å². The van der Waals surface area contributed by atoms with Gasteiger partial charge in [-0.2, -0.15) is 10.2 Å². The maximum absolute atomic E-state index is 13.0. The van der Waals surface area contributed by atoms with Crippen molar-refractivity contribution in [3.05, 3.63) is 33.3 Å². The SMILES string of the molecule is CCn1cc(CN2CCN(C(=O)C(C)n3nc(C)c(Br)c3C)CC2)c(C)n1. The second-order valence-corrected chi connectivity index (χ2v) is 8.10. The van der Waals surface area contributed by atoms with E-state index in [0.29, 0.717) is 0 Å². The zero-order chi connectivity index (χ0) is 19.7. The van der Waals surface area contributed by atoms with Gasteiger partial charge in [-0.05, 0) is 50.5 Å². The Morgan fingerprint density at radius 3 is 2.33 bits per heavy atom. The van der Waals surface area contributed by atoms with Gasteiger partial charge in [0, 0.05) is 51.0 Å². The van der Waals surface area contributed by atoms with Crippen LogP contribution in [0, 0.1) is 20.8 Å². The fourth-order valence-electron chi connectivity index (χ4n) is 3.63. The molecule has 1 saturated heterocycles. The molecule has 0 spiro atoms. The molecular weight excluding hydrogens is 408 g/mol. The molecule has 1 unspecified atom stereocenters. The van der Waals surface area contributed by atoms with Crippen molar-refractivity contribution in [1.82, 2.24) is 29.4 Å². The highest BCUT2D eigenvalue weighted by molar-refractivity contribution is 9.10. The fraction of sp³-hybridized carbons (Fsp3) is 0.632. The van der Waals surface area contributed by atoms with Crippen molar-refractivity contribution in [1.29, 1.82) is 0 Å². The molecule has 0 aromatic carbocycles. The molecule has 148 valence electrons. The highest BCUT2D eigenvalue weighted by atomic mass is 79.9. The summed E-state index contributed by atoms with van der Waals surface area (Å²) in [7, 11) is 0. The highest BCUT2D eigenvalue weighted by Crippen LogP contribution is 2.24. The smallest absolute Gasteiger partial charge is 0.247 e. The number of aryl methyl sites for hydroxylation is 3. The number of hydrogen-bond donors (Lipinski definition) is 0. The lowest BCUT2D eigenvalue weighted by atomic mass is 10.2. The monoisotopic (exact) mass is 436 g/mol. The average molecular weight is 437 g/mol. The number of nitrogens with zero attached hydrogens (tertiary/aromatic N) is 6. The molecule has 0 saturated carbocycles. The average Bonchev–Trinajstić information content (AvgIpc) is 3.15. The van der Waals surface area contributed by atoms with Gasteiger partial charge in [0.2, 0.25) is 5.91 Å². The van der Waals surface area contributed by atoms with Gasteiger partial charge in [-0.3, -0.25) is 19.1 Å². The molecule has 3 heterocycles. The molecule has 1 aliphatic heterocycles. The van der Waals surface area contributed by atoms with Gasteiger partial charge in [-0.15, -0.1) is 0 Å². The minimum atomic E-state index is -0.286. The zero-order valence-electron chi connectivity index (χ0n) is 16.9. The van der Waals surface area contributed by atoms with E-state index in [9.17, 15) is 4.79 Å². The van der Waals surface area contributed by atoms with Crippen molar-refractivity contribution in [3.8, 4) is 0 Å². The van der Waals surface area contributed by atoms with Crippen LogP contribution >= 0.6 is 15.9 Å². The van der Waals surface area contributed by atoms with Gasteiger partial charge in [0.1, 0.15) is 6.04 Å². The van der Waals surface area contributed by atoms with E-state index in [-0.39, 0.29) is 11.9 Å². The van der Waals surface area contributed by atoms with Gasteiger partial charge in [0.25, 0.3) is 0 Å². The third-order valence-corrected chi connectivity index (χ3v) is 6.56. The number of piperazine rings is 1. The molecule has 1 atom stereocenters. The molecule has 1 aliphatic rings. The molecule has 0 radical (unpaired) electrons. The molecule has 8 heteroatoms. The Bertz CT molecular complexity index is 819. The van der Waals surface area contributed by atoms with Crippen molar-refractivity contribution >= 4 is 21.8 Å². The van der Waals surface area contributed by atoms with Crippen LogP contribution in [0.5, 0.6) is 0 Å². The first-order valence-corrected chi connectivity index (χ1v) is 10.4. The van der Waals surface area contributed by atoms with Crippen LogP contribution in [0.25, 0.3) is 0 Å². The number of halogens is 1. The van der Waals surface area contributed by atoms with Crippen molar-refractivity contribution in [2.75, 3.05) is 26.2 Å². The molecule has 27 heavy (non-hydrogen) atoms. The van der Waals surface area contributed by atoms with Crippen LogP contribution < -0.4 is 0 Å². The molecular formula is C19H29BrN6O. The zero-order valence-corrected chi connectivity index (χ0v) is 18.5. The number of amides is 1. The van der Waals surface area contributed by atoms with Crippen molar-refractivity contribution in [2.45, 2.75) is 53.8 Å². The summed E-state index contributed by atoms with van der Waals surface area (Å²) in [4.78, 5) is 17.3. The van der Waals surface area contributed by atoms with Crippen molar-refractivity contribution < 1.29 is 4.79 Å². The Morgan fingerprint density at radius 1 is 1.15 bits per heavy atom. The summed E-state index contributed by atoms with van der Waals surface area (Å²) in [5.41, 5.74) is 4.28. The number of rotatable bonds is 5. The van der Waals surface area contributed by atoms with Gasteiger partial charge >= 0.3 is 0 Å². The summed E-state index contributed by atoms with van der Waals surface area (Å²) in [5.74, 6) is 0.141. The highest BCUT2D eigenvalue weighted by Gasteiger charge is 2.28. The number of hydrogen-bond acceptors (Lipinski definition) is 4. The summed E-state index contributed by atoms with van der Waals surface area (Å²) < 4.78 is 4.80. The van der Waals surface area contributed by atoms with Crippen LogP contribution in [0.3, 0.4) is 0 Å².